The Bertz CT molecular complexity index is 702. The Morgan fingerprint density at radius 1 is 0.778 bits per heavy atom. The van der Waals surface area contributed by atoms with Crippen LogP contribution in [0.4, 0.5) is 0 Å². The van der Waals surface area contributed by atoms with E-state index in [1.54, 1.807) is 24.3 Å². The number of ketones is 1. The number of rotatable bonds is 3. The average molecular weight is 234 g/mol. The normalized spacial score (nSPS) is 10.7. The zero-order valence-electron chi connectivity index (χ0n) is 9.59. The molecule has 0 unspecified atom stereocenters. The van der Waals surface area contributed by atoms with Crippen LogP contribution in [0.25, 0.3) is 11.1 Å². The summed E-state index contributed by atoms with van der Waals surface area (Å²) in [7, 11) is 0. The lowest BCUT2D eigenvalue weighted by Gasteiger charge is -1.94. The molecular weight excluding hydrogens is 224 g/mol. The van der Waals surface area contributed by atoms with Crippen molar-refractivity contribution in [1.82, 2.24) is 0 Å². The van der Waals surface area contributed by atoms with Gasteiger partial charge in [-0.3, -0.25) is 9.59 Å². The van der Waals surface area contributed by atoms with Crippen molar-refractivity contribution in [2.75, 3.05) is 0 Å². The van der Waals surface area contributed by atoms with Crippen LogP contribution in [-0.4, -0.2) is 5.78 Å². The molecule has 0 atom stereocenters. The quantitative estimate of drug-likeness (QED) is 0.653. The number of hydrogen-bond acceptors (Lipinski definition) is 2. The van der Waals surface area contributed by atoms with E-state index in [9.17, 15) is 9.59 Å². The van der Waals surface area contributed by atoms with Gasteiger partial charge in [0.15, 0.2) is 11.2 Å². The maximum atomic E-state index is 12.1. The second-order valence-electron chi connectivity index (χ2n) is 4.14. The van der Waals surface area contributed by atoms with Gasteiger partial charge in [-0.05, 0) is 5.56 Å². The first-order valence-corrected chi connectivity index (χ1v) is 5.73. The van der Waals surface area contributed by atoms with Gasteiger partial charge in [0.05, 0.1) is 5.56 Å². The summed E-state index contributed by atoms with van der Waals surface area (Å²) < 4.78 is 0. The minimum Gasteiger partial charge on any atom is -0.288 e. The fourth-order valence-corrected chi connectivity index (χ4v) is 2.00. The third kappa shape index (κ3) is 1.68. The number of hydrogen-bond donors (Lipinski definition) is 0. The molecular formula is C16H10O2. The molecule has 3 aromatic rings. The lowest BCUT2D eigenvalue weighted by molar-refractivity contribution is 0.104. The van der Waals surface area contributed by atoms with Gasteiger partial charge in [-0.25, -0.2) is 0 Å². The molecule has 0 heterocycles. The van der Waals surface area contributed by atoms with Gasteiger partial charge < -0.3 is 0 Å². The number of carbonyl (C=O) groups excluding carboxylic acids is 1. The highest BCUT2D eigenvalue weighted by Gasteiger charge is 2.30. The smallest absolute Gasteiger partial charge is 0.199 e. The van der Waals surface area contributed by atoms with Crippen LogP contribution in [-0.2, 0) is 0 Å². The molecule has 0 aliphatic heterocycles. The molecule has 0 aliphatic carbocycles. The van der Waals surface area contributed by atoms with E-state index in [2.05, 4.69) is 0 Å². The molecule has 3 rings (SSSR count). The van der Waals surface area contributed by atoms with Crippen molar-refractivity contribution < 1.29 is 4.79 Å². The van der Waals surface area contributed by atoms with Crippen LogP contribution in [0.2, 0.25) is 0 Å². The third-order valence-corrected chi connectivity index (χ3v) is 2.97. The van der Waals surface area contributed by atoms with Crippen molar-refractivity contribution in [2.24, 2.45) is 0 Å². The Kier molecular flexibility index (Phi) is 2.41. The second kappa shape index (κ2) is 4.08. The molecule has 18 heavy (non-hydrogen) atoms. The molecule has 86 valence electrons. The first kappa shape index (κ1) is 10.7. The first-order valence-electron chi connectivity index (χ1n) is 5.73. The summed E-state index contributed by atoms with van der Waals surface area (Å²) in [5, 5.41) is 0. The summed E-state index contributed by atoms with van der Waals surface area (Å²) >= 11 is 0. The maximum Gasteiger partial charge on any atom is 0.199 e. The molecule has 2 nitrogen and oxygen atoms in total. The maximum absolute atomic E-state index is 12.1. The van der Waals surface area contributed by atoms with Gasteiger partial charge in [0.1, 0.15) is 0 Å². The zero-order chi connectivity index (χ0) is 12.5. The lowest BCUT2D eigenvalue weighted by atomic mass is 10.1. The fraction of sp³-hybridized carbons (Fsp3) is 0. The van der Waals surface area contributed by atoms with Gasteiger partial charge in [-0.15, -0.1) is 0 Å². The highest BCUT2D eigenvalue weighted by atomic mass is 16.1. The van der Waals surface area contributed by atoms with E-state index in [0.29, 0.717) is 16.7 Å². The van der Waals surface area contributed by atoms with E-state index in [4.69, 9.17) is 0 Å². The van der Waals surface area contributed by atoms with Crippen LogP contribution in [0.3, 0.4) is 0 Å². The van der Waals surface area contributed by atoms with Crippen LogP contribution in [0, 0.1) is 0 Å². The van der Waals surface area contributed by atoms with E-state index in [1.165, 1.54) is 0 Å². The van der Waals surface area contributed by atoms with Crippen LogP contribution in [0.15, 0.2) is 65.5 Å². The molecule has 0 fully saturated rings. The highest BCUT2D eigenvalue weighted by Crippen LogP contribution is 2.26. The van der Waals surface area contributed by atoms with E-state index in [0.717, 1.165) is 5.56 Å². The highest BCUT2D eigenvalue weighted by molar-refractivity contribution is 6.17. The van der Waals surface area contributed by atoms with Crippen molar-refractivity contribution in [2.45, 2.75) is 0 Å². The van der Waals surface area contributed by atoms with Crippen LogP contribution >= 0.6 is 0 Å². The Balaban J connectivity index is 1.98. The van der Waals surface area contributed by atoms with Crippen molar-refractivity contribution in [3.8, 4) is 11.1 Å². The lowest BCUT2D eigenvalue weighted by Crippen LogP contribution is -1.98. The molecule has 2 heteroatoms. The minimum atomic E-state index is -0.181. The summed E-state index contributed by atoms with van der Waals surface area (Å²) in [5.74, 6) is -0.181. The zero-order valence-corrected chi connectivity index (χ0v) is 9.59. The van der Waals surface area contributed by atoms with Crippen molar-refractivity contribution in [1.29, 1.82) is 0 Å². The Morgan fingerprint density at radius 3 is 1.94 bits per heavy atom. The average Bonchev–Trinajstić information content (AvgIpc) is 3.11. The Hall–Kier alpha value is -2.48. The molecule has 0 bridgehead atoms. The van der Waals surface area contributed by atoms with Crippen LogP contribution in [0.5, 0.6) is 0 Å². The summed E-state index contributed by atoms with van der Waals surface area (Å²) in [6.07, 6.45) is 0. The number of benzene rings is 2. The third-order valence-electron chi connectivity index (χ3n) is 2.97. The van der Waals surface area contributed by atoms with E-state index in [1.807, 2.05) is 36.4 Å². The monoisotopic (exact) mass is 234 g/mol. The van der Waals surface area contributed by atoms with E-state index in [-0.39, 0.29) is 11.2 Å². The van der Waals surface area contributed by atoms with Crippen LogP contribution < -0.4 is 5.43 Å². The Labute approximate surface area is 104 Å². The van der Waals surface area contributed by atoms with Gasteiger partial charge in [-0.1, -0.05) is 60.7 Å². The van der Waals surface area contributed by atoms with Crippen LogP contribution in [0.1, 0.15) is 15.9 Å². The molecule has 0 N–H and O–H groups in total. The molecule has 0 aromatic heterocycles. The molecule has 0 spiro atoms. The summed E-state index contributed by atoms with van der Waals surface area (Å²) in [6.45, 7) is 0. The van der Waals surface area contributed by atoms with Gasteiger partial charge >= 0.3 is 0 Å². The van der Waals surface area contributed by atoms with Crippen molar-refractivity contribution >= 4 is 5.78 Å². The topological polar surface area (TPSA) is 34.1 Å². The van der Waals surface area contributed by atoms with Crippen molar-refractivity contribution in [3.05, 3.63) is 82.0 Å². The molecule has 0 aliphatic rings. The van der Waals surface area contributed by atoms with Gasteiger partial charge in [0, 0.05) is 11.1 Å². The molecule has 0 saturated carbocycles. The number of carbonyl (C=O) groups is 1. The second-order valence-corrected chi connectivity index (χ2v) is 4.14. The summed E-state index contributed by atoms with van der Waals surface area (Å²) in [5.41, 5.74) is 2.14. The van der Waals surface area contributed by atoms with Gasteiger partial charge in [-0.2, -0.15) is 0 Å². The van der Waals surface area contributed by atoms with E-state index >= 15 is 0 Å². The predicted molar refractivity (Wildman–Crippen MR) is 70.4 cm³/mol. The SMILES string of the molecule is O=C(c1ccccc1)c1c(-c2ccccc2)c1=O. The van der Waals surface area contributed by atoms with Gasteiger partial charge in [0.2, 0.25) is 0 Å². The summed E-state index contributed by atoms with van der Waals surface area (Å²) in [6, 6.07) is 18.2. The largest absolute Gasteiger partial charge is 0.288 e. The molecule has 3 aromatic carbocycles. The van der Waals surface area contributed by atoms with E-state index < -0.39 is 0 Å². The molecule has 0 saturated heterocycles. The molecule has 0 amide bonds. The van der Waals surface area contributed by atoms with Gasteiger partial charge in [0.25, 0.3) is 0 Å². The molecule has 0 radical (unpaired) electrons. The standard InChI is InChI=1S/C16H10O2/c17-15(12-9-5-2-6-10-12)14-13(16(14)18)11-7-3-1-4-8-11/h1-10H. The van der Waals surface area contributed by atoms with Crippen molar-refractivity contribution in [3.63, 3.8) is 0 Å². The first-order chi connectivity index (χ1) is 8.79. The Morgan fingerprint density at radius 2 is 1.33 bits per heavy atom. The fourth-order valence-electron chi connectivity index (χ4n) is 2.00. The minimum absolute atomic E-state index is 0.130. The predicted octanol–water partition coefficient (Wildman–Crippen LogP) is 2.82. The summed E-state index contributed by atoms with van der Waals surface area (Å²) in [4.78, 5) is 23.9.